The van der Waals surface area contributed by atoms with Crippen LogP contribution in [0.25, 0.3) is 0 Å². The van der Waals surface area contributed by atoms with Gasteiger partial charge in [0.25, 0.3) is 0 Å². The van der Waals surface area contributed by atoms with E-state index in [0.29, 0.717) is 12.0 Å². The van der Waals surface area contributed by atoms with Crippen LogP contribution in [0, 0.1) is 5.82 Å². The molecular formula is C15H20FN3. The minimum absolute atomic E-state index is 0.171. The van der Waals surface area contributed by atoms with Crippen molar-refractivity contribution >= 4 is 0 Å². The van der Waals surface area contributed by atoms with Crippen molar-refractivity contribution in [2.45, 2.75) is 26.3 Å². The Morgan fingerprint density at radius 2 is 2.21 bits per heavy atom. The zero-order valence-electron chi connectivity index (χ0n) is 11.7. The Hall–Kier alpha value is -1.68. The number of imidazole rings is 1. The second kappa shape index (κ2) is 5.97. The van der Waals surface area contributed by atoms with E-state index in [1.807, 2.05) is 29.9 Å². The van der Waals surface area contributed by atoms with Crippen LogP contribution < -0.4 is 5.32 Å². The molecule has 0 aliphatic carbocycles. The van der Waals surface area contributed by atoms with Gasteiger partial charge in [-0.3, -0.25) is 0 Å². The molecule has 2 aromatic rings. The summed E-state index contributed by atoms with van der Waals surface area (Å²) in [6.07, 6.45) is 4.12. The summed E-state index contributed by atoms with van der Waals surface area (Å²) in [7, 11) is 1.92. The maximum Gasteiger partial charge on any atom is 0.126 e. The van der Waals surface area contributed by atoms with E-state index in [1.165, 1.54) is 0 Å². The van der Waals surface area contributed by atoms with Crippen molar-refractivity contribution in [2.24, 2.45) is 7.05 Å². The quantitative estimate of drug-likeness (QED) is 0.897. The summed E-state index contributed by atoms with van der Waals surface area (Å²) in [4.78, 5) is 4.24. The van der Waals surface area contributed by atoms with Gasteiger partial charge in [0.1, 0.15) is 11.6 Å². The standard InChI is InChI=1S/C15H20FN3/c1-4-17-11(2)12-5-6-14(16)13(9-12)10-15-18-7-8-19(15)3/h5-9,11,17H,4,10H2,1-3H3. The monoisotopic (exact) mass is 261 g/mol. The molecule has 0 amide bonds. The van der Waals surface area contributed by atoms with Gasteiger partial charge in [-0.15, -0.1) is 0 Å². The second-order valence-electron chi connectivity index (χ2n) is 4.76. The van der Waals surface area contributed by atoms with Gasteiger partial charge in [0.2, 0.25) is 0 Å². The molecule has 0 spiro atoms. The Balaban J connectivity index is 2.24. The Bertz CT molecular complexity index is 548. The number of hydrogen-bond donors (Lipinski definition) is 1. The lowest BCUT2D eigenvalue weighted by atomic mass is 10.0. The molecule has 0 radical (unpaired) electrons. The van der Waals surface area contributed by atoms with Gasteiger partial charge in [0.15, 0.2) is 0 Å². The van der Waals surface area contributed by atoms with Crippen molar-refractivity contribution in [3.05, 3.63) is 53.4 Å². The van der Waals surface area contributed by atoms with Crippen LogP contribution in [0.3, 0.4) is 0 Å². The van der Waals surface area contributed by atoms with E-state index in [0.717, 1.165) is 17.9 Å². The van der Waals surface area contributed by atoms with Crippen molar-refractivity contribution in [1.82, 2.24) is 14.9 Å². The van der Waals surface area contributed by atoms with Gasteiger partial charge in [0, 0.05) is 31.9 Å². The number of nitrogens with one attached hydrogen (secondary N) is 1. The molecule has 4 heteroatoms. The predicted octanol–water partition coefficient (Wildman–Crippen LogP) is 2.82. The molecule has 1 aromatic heterocycles. The highest BCUT2D eigenvalue weighted by Gasteiger charge is 2.10. The molecule has 1 N–H and O–H groups in total. The smallest absolute Gasteiger partial charge is 0.126 e. The van der Waals surface area contributed by atoms with E-state index >= 15 is 0 Å². The summed E-state index contributed by atoms with van der Waals surface area (Å²) in [5.74, 6) is 0.697. The highest BCUT2D eigenvalue weighted by atomic mass is 19.1. The van der Waals surface area contributed by atoms with Crippen LogP contribution in [0.15, 0.2) is 30.6 Å². The molecule has 2 rings (SSSR count). The number of nitrogens with zero attached hydrogens (tertiary/aromatic N) is 2. The Kier molecular flexibility index (Phi) is 4.32. The van der Waals surface area contributed by atoms with Crippen molar-refractivity contribution < 1.29 is 4.39 Å². The third kappa shape index (κ3) is 3.20. The molecular weight excluding hydrogens is 241 g/mol. The molecule has 1 atom stereocenters. The summed E-state index contributed by atoms with van der Waals surface area (Å²) < 4.78 is 15.8. The average molecular weight is 261 g/mol. The summed E-state index contributed by atoms with van der Waals surface area (Å²) >= 11 is 0. The van der Waals surface area contributed by atoms with Gasteiger partial charge in [-0.25, -0.2) is 9.37 Å². The molecule has 3 nitrogen and oxygen atoms in total. The first-order valence-electron chi connectivity index (χ1n) is 6.59. The maximum absolute atomic E-state index is 13.9. The van der Waals surface area contributed by atoms with Crippen LogP contribution in [0.5, 0.6) is 0 Å². The fraction of sp³-hybridized carbons (Fsp3) is 0.400. The number of hydrogen-bond acceptors (Lipinski definition) is 2. The first-order chi connectivity index (χ1) is 9.11. The van der Waals surface area contributed by atoms with Crippen molar-refractivity contribution in [3.63, 3.8) is 0 Å². The van der Waals surface area contributed by atoms with Crippen LogP contribution in [-0.4, -0.2) is 16.1 Å². The SMILES string of the molecule is CCNC(C)c1ccc(F)c(Cc2nccn2C)c1. The molecule has 102 valence electrons. The number of benzene rings is 1. The molecule has 0 bridgehead atoms. The third-order valence-corrected chi connectivity index (χ3v) is 3.35. The maximum atomic E-state index is 13.9. The van der Waals surface area contributed by atoms with E-state index in [1.54, 1.807) is 12.3 Å². The summed E-state index contributed by atoms with van der Waals surface area (Å²) in [5, 5.41) is 3.34. The average Bonchev–Trinajstić information content (AvgIpc) is 2.78. The normalized spacial score (nSPS) is 12.6. The molecule has 1 heterocycles. The summed E-state index contributed by atoms with van der Waals surface area (Å²) in [6, 6.07) is 5.54. The molecule has 0 fully saturated rings. The van der Waals surface area contributed by atoms with E-state index in [-0.39, 0.29) is 11.9 Å². The van der Waals surface area contributed by atoms with Crippen LogP contribution in [0.2, 0.25) is 0 Å². The van der Waals surface area contributed by atoms with Crippen LogP contribution in [0.1, 0.15) is 36.8 Å². The van der Waals surface area contributed by atoms with E-state index in [9.17, 15) is 4.39 Å². The van der Waals surface area contributed by atoms with Crippen LogP contribution >= 0.6 is 0 Å². The molecule has 19 heavy (non-hydrogen) atoms. The van der Waals surface area contributed by atoms with E-state index < -0.39 is 0 Å². The molecule has 1 aromatic carbocycles. The van der Waals surface area contributed by atoms with Gasteiger partial charge in [-0.05, 0) is 30.7 Å². The highest BCUT2D eigenvalue weighted by Crippen LogP contribution is 2.19. The molecule has 0 saturated carbocycles. The Morgan fingerprint density at radius 3 is 2.84 bits per heavy atom. The minimum Gasteiger partial charge on any atom is -0.338 e. The Labute approximate surface area is 113 Å². The lowest BCUT2D eigenvalue weighted by Crippen LogP contribution is -2.18. The summed E-state index contributed by atoms with van der Waals surface area (Å²) in [5.41, 5.74) is 1.80. The fourth-order valence-corrected chi connectivity index (χ4v) is 2.16. The zero-order chi connectivity index (χ0) is 13.8. The fourth-order valence-electron chi connectivity index (χ4n) is 2.16. The minimum atomic E-state index is -0.171. The molecule has 0 aliphatic heterocycles. The number of rotatable bonds is 5. The van der Waals surface area contributed by atoms with Gasteiger partial charge >= 0.3 is 0 Å². The summed E-state index contributed by atoms with van der Waals surface area (Å²) in [6.45, 7) is 5.04. The second-order valence-corrected chi connectivity index (χ2v) is 4.76. The van der Waals surface area contributed by atoms with Crippen molar-refractivity contribution in [3.8, 4) is 0 Å². The van der Waals surface area contributed by atoms with Gasteiger partial charge in [-0.2, -0.15) is 0 Å². The van der Waals surface area contributed by atoms with Crippen LogP contribution in [0.4, 0.5) is 4.39 Å². The Morgan fingerprint density at radius 1 is 1.42 bits per heavy atom. The predicted molar refractivity (Wildman–Crippen MR) is 74.5 cm³/mol. The van der Waals surface area contributed by atoms with E-state index in [2.05, 4.69) is 24.1 Å². The van der Waals surface area contributed by atoms with E-state index in [4.69, 9.17) is 0 Å². The first-order valence-corrected chi connectivity index (χ1v) is 6.59. The lowest BCUT2D eigenvalue weighted by molar-refractivity contribution is 0.585. The topological polar surface area (TPSA) is 29.9 Å². The highest BCUT2D eigenvalue weighted by molar-refractivity contribution is 5.29. The largest absolute Gasteiger partial charge is 0.338 e. The van der Waals surface area contributed by atoms with Crippen molar-refractivity contribution in [2.75, 3.05) is 6.54 Å². The van der Waals surface area contributed by atoms with Crippen molar-refractivity contribution in [1.29, 1.82) is 0 Å². The van der Waals surface area contributed by atoms with Gasteiger partial charge < -0.3 is 9.88 Å². The number of halogens is 1. The number of aromatic nitrogens is 2. The van der Waals surface area contributed by atoms with Gasteiger partial charge in [-0.1, -0.05) is 19.1 Å². The third-order valence-electron chi connectivity index (χ3n) is 3.35. The zero-order valence-corrected chi connectivity index (χ0v) is 11.7. The first kappa shape index (κ1) is 13.7. The lowest BCUT2D eigenvalue weighted by Gasteiger charge is -2.14. The number of aryl methyl sites for hydroxylation is 1. The molecule has 0 aliphatic rings. The van der Waals surface area contributed by atoms with Gasteiger partial charge in [0.05, 0.1) is 0 Å². The molecule has 0 saturated heterocycles. The molecule has 1 unspecified atom stereocenters. The van der Waals surface area contributed by atoms with Crippen LogP contribution in [-0.2, 0) is 13.5 Å².